The molecule has 1 aromatic rings. The first-order chi connectivity index (χ1) is 10.3. The standard InChI is InChI=1S/C11H12FN3/c12-10-7-9(8-13)1-2-11(10)15-5-3-14-4-6-15/h1-2,7,14H,3-6H2/i3D2,4D2,5D2,6D2. The monoisotopic (exact) mass is 213 g/mol. The van der Waals surface area contributed by atoms with E-state index in [9.17, 15) is 4.39 Å². The summed E-state index contributed by atoms with van der Waals surface area (Å²) in [6, 6.07) is 4.44. The maximum atomic E-state index is 14.2. The van der Waals surface area contributed by atoms with E-state index in [-0.39, 0.29) is 10.5 Å². The Balaban J connectivity index is 2.72. The van der Waals surface area contributed by atoms with E-state index < -0.39 is 37.5 Å². The van der Waals surface area contributed by atoms with E-state index in [1.807, 2.05) is 0 Å². The van der Waals surface area contributed by atoms with E-state index in [4.69, 9.17) is 16.2 Å². The molecule has 0 aliphatic carbocycles. The fourth-order valence-electron chi connectivity index (χ4n) is 1.11. The van der Waals surface area contributed by atoms with Gasteiger partial charge >= 0.3 is 0 Å². The Morgan fingerprint density at radius 3 is 2.80 bits per heavy atom. The number of nitriles is 1. The molecule has 1 aromatic carbocycles. The summed E-state index contributed by atoms with van der Waals surface area (Å²) in [5, 5.41) is 10.4. The van der Waals surface area contributed by atoms with Crippen molar-refractivity contribution in [2.45, 2.75) is 0 Å². The van der Waals surface area contributed by atoms with Crippen LogP contribution in [0.15, 0.2) is 18.2 Å². The number of nitrogens with one attached hydrogen (secondary N) is 1. The third kappa shape index (κ3) is 2.08. The van der Waals surface area contributed by atoms with Crippen molar-refractivity contribution in [3.63, 3.8) is 0 Å². The van der Waals surface area contributed by atoms with Crippen molar-refractivity contribution in [2.24, 2.45) is 0 Å². The third-order valence-electron chi connectivity index (χ3n) is 1.78. The molecule has 1 fully saturated rings. The molecule has 4 heteroatoms. The van der Waals surface area contributed by atoms with E-state index in [1.54, 1.807) is 11.4 Å². The number of anilines is 1. The van der Waals surface area contributed by atoms with Gasteiger partial charge in [-0.1, -0.05) is 0 Å². The molecule has 2 rings (SSSR count). The van der Waals surface area contributed by atoms with Crippen LogP contribution in [-0.4, -0.2) is 26.0 Å². The Morgan fingerprint density at radius 2 is 2.20 bits per heavy atom. The van der Waals surface area contributed by atoms with E-state index >= 15 is 0 Å². The highest BCUT2D eigenvalue weighted by Crippen LogP contribution is 2.20. The highest BCUT2D eigenvalue weighted by atomic mass is 19.1. The average Bonchev–Trinajstić information content (AvgIpc) is 2.37. The van der Waals surface area contributed by atoms with Gasteiger partial charge in [-0.15, -0.1) is 0 Å². The second-order valence-corrected chi connectivity index (χ2v) is 2.71. The summed E-state index contributed by atoms with van der Waals surface area (Å²) in [5.41, 5.74) is -0.776. The van der Waals surface area contributed by atoms with Gasteiger partial charge in [0.2, 0.25) is 0 Å². The highest BCUT2D eigenvalue weighted by molar-refractivity contribution is 5.51. The lowest BCUT2D eigenvalue weighted by Gasteiger charge is -2.29. The topological polar surface area (TPSA) is 39.1 Å². The maximum absolute atomic E-state index is 14.2. The van der Waals surface area contributed by atoms with E-state index in [1.165, 1.54) is 0 Å². The summed E-state index contributed by atoms with van der Waals surface area (Å²) in [6.07, 6.45) is 0. The number of piperazine rings is 1. The Morgan fingerprint density at radius 1 is 1.47 bits per heavy atom. The summed E-state index contributed by atoms with van der Waals surface area (Å²) in [4.78, 5) is 0.0903. The Hall–Kier alpha value is -1.60. The smallest absolute Gasteiger partial charge is 0.147 e. The van der Waals surface area contributed by atoms with Crippen LogP contribution in [0.25, 0.3) is 0 Å². The van der Waals surface area contributed by atoms with Gasteiger partial charge in [-0.3, -0.25) is 0 Å². The zero-order valence-electron chi connectivity index (χ0n) is 15.5. The molecule has 0 saturated carbocycles. The van der Waals surface area contributed by atoms with Crippen LogP contribution < -0.4 is 10.2 Å². The van der Waals surface area contributed by atoms with E-state index in [0.717, 1.165) is 18.2 Å². The molecule has 0 atom stereocenters. The number of halogens is 1. The predicted octanol–water partition coefficient (Wildman–Crippen LogP) is 1.11. The minimum Gasteiger partial charge on any atom is -0.367 e. The van der Waals surface area contributed by atoms with Crippen molar-refractivity contribution in [3.8, 4) is 6.07 Å². The summed E-state index contributed by atoms with van der Waals surface area (Å²) in [7, 11) is 0. The number of nitrogens with zero attached hydrogens (tertiary/aromatic N) is 2. The van der Waals surface area contributed by atoms with Gasteiger partial charge in [0.25, 0.3) is 0 Å². The van der Waals surface area contributed by atoms with Crippen molar-refractivity contribution in [1.82, 2.24) is 5.32 Å². The molecule has 0 unspecified atom stereocenters. The van der Waals surface area contributed by atoms with Crippen molar-refractivity contribution >= 4 is 5.69 Å². The van der Waals surface area contributed by atoms with Gasteiger partial charge in [0.05, 0.1) is 22.8 Å². The molecule has 78 valence electrons. The highest BCUT2D eigenvalue weighted by Gasteiger charge is 2.14. The first kappa shape index (κ1) is 4.11. The van der Waals surface area contributed by atoms with Crippen LogP contribution in [0.3, 0.4) is 0 Å². The molecule has 0 spiro atoms. The maximum Gasteiger partial charge on any atom is 0.147 e. The molecule has 0 radical (unpaired) electrons. The van der Waals surface area contributed by atoms with Gasteiger partial charge in [-0.2, -0.15) is 5.26 Å². The molecule has 0 aromatic heterocycles. The first-order valence-corrected chi connectivity index (χ1v) is 4.07. The van der Waals surface area contributed by atoms with Crippen LogP contribution >= 0.6 is 0 Å². The molecule has 1 N–H and O–H groups in total. The Labute approximate surface area is 99.4 Å². The molecule has 15 heavy (non-hydrogen) atoms. The number of benzene rings is 1. The predicted molar refractivity (Wildman–Crippen MR) is 56.2 cm³/mol. The normalized spacial score (nSPS) is 37.5. The summed E-state index contributed by atoms with van der Waals surface area (Å²) < 4.78 is 76.3. The molecule has 1 aliphatic heterocycles. The van der Waals surface area contributed by atoms with E-state index in [2.05, 4.69) is 0 Å². The zero-order valence-corrected chi connectivity index (χ0v) is 7.50. The third-order valence-corrected chi connectivity index (χ3v) is 1.78. The molecule has 1 aliphatic rings. The molecule has 0 bridgehead atoms. The summed E-state index contributed by atoms with van der Waals surface area (Å²) in [6.45, 7) is -12.3. The van der Waals surface area contributed by atoms with Gasteiger partial charge in [0.15, 0.2) is 0 Å². The van der Waals surface area contributed by atoms with Crippen LogP contribution in [0.5, 0.6) is 0 Å². The second-order valence-electron chi connectivity index (χ2n) is 2.71. The van der Waals surface area contributed by atoms with Gasteiger partial charge < -0.3 is 10.2 Å². The molecule has 0 amide bonds. The van der Waals surface area contributed by atoms with Crippen LogP contribution in [0.1, 0.15) is 16.5 Å². The quantitative estimate of drug-likeness (QED) is 0.759. The van der Waals surface area contributed by atoms with Gasteiger partial charge in [-0.05, 0) is 18.2 Å². The average molecular weight is 213 g/mol. The first-order valence-electron chi connectivity index (χ1n) is 8.07. The summed E-state index contributed by atoms with van der Waals surface area (Å²) in [5.74, 6) is -1.16. The van der Waals surface area contributed by atoms with Crippen LogP contribution in [-0.2, 0) is 0 Å². The van der Waals surface area contributed by atoms with Crippen LogP contribution in [0.2, 0.25) is 0 Å². The van der Waals surface area contributed by atoms with Crippen molar-refractivity contribution < 1.29 is 15.4 Å². The lowest BCUT2D eigenvalue weighted by atomic mass is 10.2. The fraction of sp³-hybridized carbons (Fsp3) is 0.364. The lowest BCUT2D eigenvalue weighted by molar-refractivity contribution is 0.566. The minimum absolute atomic E-state index is 0.0893. The van der Waals surface area contributed by atoms with Gasteiger partial charge in [0.1, 0.15) is 5.82 Å². The SMILES string of the molecule is [2H]C1([2H])NC([2H])([2H])C([2H])([2H])N(c2ccc(C#N)cc2F)C1([2H])[2H]. The number of rotatable bonds is 1. The largest absolute Gasteiger partial charge is 0.367 e. The molecular formula is C11H12FN3. The summed E-state index contributed by atoms with van der Waals surface area (Å²) >= 11 is 0. The van der Waals surface area contributed by atoms with Crippen molar-refractivity contribution in [2.75, 3.05) is 30.9 Å². The zero-order chi connectivity index (χ0) is 17.8. The molecule has 1 heterocycles. The lowest BCUT2D eigenvalue weighted by Crippen LogP contribution is -2.43. The molecule has 1 saturated heterocycles. The second kappa shape index (κ2) is 4.28. The Kier molecular flexibility index (Phi) is 1.17. The molecular weight excluding hydrogens is 193 g/mol. The van der Waals surface area contributed by atoms with Crippen molar-refractivity contribution in [3.05, 3.63) is 29.6 Å². The van der Waals surface area contributed by atoms with Crippen LogP contribution in [0, 0.1) is 17.1 Å². The van der Waals surface area contributed by atoms with E-state index in [0.29, 0.717) is 0 Å². The van der Waals surface area contributed by atoms with Gasteiger partial charge in [-0.25, -0.2) is 4.39 Å². The minimum atomic E-state index is -3.11. The fourth-order valence-corrected chi connectivity index (χ4v) is 1.11. The van der Waals surface area contributed by atoms with Gasteiger partial charge in [0, 0.05) is 31.5 Å². The van der Waals surface area contributed by atoms with Crippen LogP contribution in [0.4, 0.5) is 10.1 Å². The molecule has 3 nitrogen and oxygen atoms in total. The number of hydrogen-bond donors (Lipinski definition) is 1. The Bertz CT molecular complexity index is 658. The number of hydrogen-bond acceptors (Lipinski definition) is 3. The van der Waals surface area contributed by atoms with Crippen molar-refractivity contribution in [1.29, 1.82) is 5.26 Å².